The number of carbonyl (C=O) groups is 4. The highest BCUT2D eigenvalue weighted by molar-refractivity contribution is 6.24. The van der Waals surface area contributed by atoms with Gasteiger partial charge in [-0.2, -0.15) is 0 Å². The van der Waals surface area contributed by atoms with E-state index in [2.05, 4.69) is 0 Å². The van der Waals surface area contributed by atoms with Crippen molar-refractivity contribution in [3.63, 3.8) is 0 Å². The molecule has 1 amide bonds. The molecule has 0 unspecified atom stereocenters. The third kappa shape index (κ3) is 3.41. The zero-order valence-electron chi connectivity index (χ0n) is 21.8. The molecule has 0 spiro atoms. The van der Waals surface area contributed by atoms with E-state index >= 15 is 0 Å². The summed E-state index contributed by atoms with van der Waals surface area (Å²) in [6.07, 6.45) is -1.01. The van der Waals surface area contributed by atoms with Gasteiger partial charge in [-0.3, -0.25) is 24.1 Å². The van der Waals surface area contributed by atoms with Crippen molar-refractivity contribution in [3.8, 4) is 16.9 Å². The number of rotatable bonds is 4. The summed E-state index contributed by atoms with van der Waals surface area (Å²) >= 11 is 0. The molecule has 2 aromatic rings. The number of carbonyl (C=O) groups excluding carboxylic acids is 4. The smallest absolute Gasteiger partial charge is 0.255 e. The number of ketones is 2. The number of hydrogen-bond donors (Lipinski definition) is 6. The Hall–Kier alpha value is -4.32. The van der Waals surface area contributed by atoms with Crippen LogP contribution in [0.15, 0.2) is 53.3 Å². The van der Waals surface area contributed by atoms with Crippen molar-refractivity contribution in [1.29, 1.82) is 0 Å². The largest absolute Gasteiger partial charge is 0.508 e. The lowest BCUT2D eigenvalue weighted by Crippen LogP contribution is -2.70. The van der Waals surface area contributed by atoms with Crippen LogP contribution in [0.1, 0.15) is 34.3 Å². The highest BCUT2D eigenvalue weighted by Gasteiger charge is 2.68. The highest BCUT2D eigenvalue weighted by Crippen LogP contribution is 2.57. The van der Waals surface area contributed by atoms with E-state index in [-0.39, 0.29) is 11.3 Å². The molecule has 3 aliphatic carbocycles. The third-order valence-electron chi connectivity index (χ3n) is 8.47. The molecule has 0 bridgehead atoms. The number of aliphatic hydroxyl groups is 4. The standard InChI is InChI=1S/C29H28N2O9/c1-11-16-14(13-6-4-12(10-32)5-7-13)8-9-15(33)18(16)23(34)19-17(11)24(35)21-22(31(2)3)25(36)20(28(30)39)27(38)29(21,40)26(19)37/h4-11,17,21-22,24,33-35,38,40H,1-3H3,(H2,30,39)/t11-,17+,21+,22-,24-,29-/m1/s1. The van der Waals surface area contributed by atoms with Crippen molar-refractivity contribution in [3.05, 3.63) is 70.0 Å². The molecular weight excluding hydrogens is 520 g/mol. The van der Waals surface area contributed by atoms with Crippen molar-refractivity contribution in [2.45, 2.75) is 30.6 Å². The summed E-state index contributed by atoms with van der Waals surface area (Å²) in [4.78, 5) is 51.9. The van der Waals surface area contributed by atoms with Crippen LogP contribution in [-0.2, 0) is 14.4 Å². The van der Waals surface area contributed by atoms with Gasteiger partial charge in [-0.15, -0.1) is 0 Å². The zero-order chi connectivity index (χ0) is 29.4. The Kier molecular flexibility index (Phi) is 6.21. The number of aliphatic hydroxyl groups excluding tert-OH is 3. The van der Waals surface area contributed by atoms with Crippen molar-refractivity contribution in [2.75, 3.05) is 14.1 Å². The molecule has 0 saturated heterocycles. The summed E-state index contributed by atoms with van der Waals surface area (Å²) in [5, 5.41) is 56.8. The van der Waals surface area contributed by atoms with Gasteiger partial charge >= 0.3 is 0 Å². The van der Waals surface area contributed by atoms with E-state index in [4.69, 9.17) is 5.73 Å². The fraction of sp³-hybridized carbons (Fsp3) is 0.310. The van der Waals surface area contributed by atoms with Crippen LogP contribution in [0.2, 0.25) is 0 Å². The summed E-state index contributed by atoms with van der Waals surface area (Å²) in [5.74, 6) is -9.52. The average molecular weight is 549 g/mol. The van der Waals surface area contributed by atoms with E-state index in [0.29, 0.717) is 28.5 Å². The van der Waals surface area contributed by atoms with Gasteiger partial charge in [-0.25, -0.2) is 0 Å². The van der Waals surface area contributed by atoms with Crippen molar-refractivity contribution < 1.29 is 44.7 Å². The average Bonchev–Trinajstić information content (AvgIpc) is 2.90. The van der Waals surface area contributed by atoms with Crippen LogP contribution in [0.3, 0.4) is 0 Å². The Bertz CT molecular complexity index is 1560. The number of amides is 1. The first-order chi connectivity index (χ1) is 18.8. The van der Waals surface area contributed by atoms with E-state index < -0.39 is 75.6 Å². The van der Waals surface area contributed by atoms with Crippen LogP contribution >= 0.6 is 0 Å². The molecule has 208 valence electrons. The number of phenols is 1. The van der Waals surface area contributed by atoms with E-state index in [9.17, 15) is 44.7 Å². The van der Waals surface area contributed by atoms with Gasteiger partial charge in [-0.1, -0.05) is 37.3 Å². The number of aldehydes is 1. The van der Waals surface area contributed by atoms with Crippen LogP contribution in [-0.4, -0.2) is 86.0 Å². The topological polar surface area (TPSA) is 199 Å². The second-order valence-corrected chi connectivity index (χ2v) is 10.7. The summed E-state index contributed by atoms with van der Waals surface area (Å²) in [7, 11) is 2.89. The number of nitrogens with two attached hydrogens (primary N) is 1. The molecule has 2 aromatic carbocycles. The molecule has 11 nitrogen and oxygen atoms in total. The number of nitrogens with zero attached hydrogens (tertiary/aromatic N) is 1. The Morgan fingerprint density at radius 3 is 2.23 bits per heavy atom. The highest BCUT2D eigenvalue weighted by atomic mass is 16.4. The number of likely N-dealkylation sites (N-methyl/N-ethyl adjacent to an activating group) is 1. The Morgan fingerprint density at radius 2 is 1.68 bits per heavy atom. The van der Waals surface area contributed by atoms with Crippen molar-refractivity contribution >= 4 is 29.5 Å². The molecule has 0 aromatic heterocycles. The van der Waals surface area contributed by atoms with Crippen LogP contribution < -0.4 is 5.73 Å². The fourth-order valence-electron chi connectivity index (χ4n) is 6.69. The van der Waals surface area contributed by atoms with E-state index in [0.717, 1.165) is 0 Å². The first-order valence-corrected chi connectivity index (χ1v) is 12.5. The number of hydrogen-bond acceptors (Lipinski definition) is 10. The van der Waals surface area contributed by atoms with Crippen LogP contribution in [0.4, 0.5) is 0 Å². The fourth-order valence-corrected chi connectivity index (χ4v) is 6.69. The Balaban J connectivity index is 1.81. The molecular formula is C29H28N2O9. The summed E-state index contributed by atoms with van der Waals surface area (Å²) in [5.41, 5.74) is 2.83. The maximum absolute atomic E-state index is 14.0. The summed E-state index contributed by atoms with van der Waals surface area (Å²) in [6.45, 7) is 1.67. The van der Waals surface area contributed by atoms with Gasteiger partial charge in [0.1, 0.15) is 29.1 Å². The van der Waals surface area contributed by atoms with Gasteiger partial charge < -0.3 is 31.3 Å². The molecule has 5 rings (SSSR count). The zero-order valence-corrected chi connectivity index (χ0v) is 21.8. The van der Waals surface area contributed by atoms with E-state index in [1.165, 1.54) is 25.1 Å². The predicted octanol–water partition coefficient (Wildman–Crippen LogP) is 0.975. The van der Waals surface area contributed by atoms with Gasteiger partial charge in [0, 0.05) is 17.1 Å². The molecule has 11 heteroatoms. The van der Waals surface area contributed by atoms with Gasteiger partial charge in [0.15, 0.2) is 11.4 Å². The summed E-state index contributed by atoms with van der Waals surface area (Å²) in [6, 6.07) is 8.03. The second kappa shape index (κ2) is 9.12. The monoisotopic (exact) mass is 548 g/mol. The third-order valence-corrected chi connectivity index (χ3v) is 8.47. The number of aromatic hydroxyl groups is 1. The first-order valence-electron chi connectivity index (χ1n) is 12.5. The summed E-state index contributed by atoms with van der Waals surface area (Å²) < 4.78 is 0. The van der Waals surface area contributed by atoms with Crippen LogP contribution in [0.25, 0.3) is 16.9 Å². The molecule has 7 N–H and O–H groups in total. The predicted molar refractivity (Wildman–Crippen MR) is 141 cm³/mol. The molecule has 0 aliphatic heterocycles. The molecule has 1 saturated carbocycles. The molecule has 40 heavy (non-hydrogen) atoms. The molecule has 0 heterocycles. The van der Waals surface area contributed by atoms with Gasteiger partial charge in [-0.05, 0) is 42.8 Å². The molecule has 0 radical (unpaired) electrons. The normalized spacial score (nSPS) is 29.7. The Morgan fingerprint density at radius 1 is 1.05 bits per heavy atom. The van der Waals surface area contributed by atoms with Gasteiger partial charge in [0.25, 0.3) is 5.91 Å². The molecule has 1 fully saturated rings. The first kappa shape index (κ1) is 27.3. The maximum atomic E-state index is 14.0. The minimum Gasteiger partial charge on any atom is -0.508 e. The number of benzene rings is 2. The molecule has 6 atom stereocenters. The van der Waals surface area contributed by atoms with Gasteiger partial charge in [0.05, 0.1) is 23.6 Å². The van der Waals surface area contributed by atoms with E-state index in [1.807, 2.05) is 0 Å². The van der Waals surface area contributed by atoms with Gasteiger partial charge in [0.2, 0.25) is 5.78 Å². The second-order valence-electron chi connectivity index (χ2n) is 10.7. The number of Topliss-reactive ketones (excluding diaryl/α,β-unsaturated/α-hetero) is 2. The lowest BCUT2D eigenvalue weighted by atomic mass is 9.54. The number of fused-ring (bicyclic) bond motifs is 3. The lowest BCUT2D eigenvalue weighted by Gasteiger charge is -2.53. The lowest BCUT2D eigenvalue weighted by molar-refractivity contribution is -0.169. The minimum absolute atomic E-state index is 0.104. The minimum atomic E-state index is -2.97. The van der Waals surface area contributed by atoms with Crippen molar-refractivity contribution in [1.82, 2.24) is 4.90 Å². The van der Waals surface area contributed by atoms with E-state index in [1.54, 1.807) is 37.3 Å². The number of primary amides is 1. The Labute approximate surface area is 228 Å². The van der Waals surface area contributed by atoms with Crippen LogP contribution in [0, 0.1) is 11.8 Å². The quantitative estimate of drug-likeness (QED) is 0.236. The SMILES string of the molecule is C[C@@H]1c2c(-c3ccc(C=O)cc3)ccc(O)c2C(O)=C2C(=O)[C@@]3(O)C(O)=C(C(N)=O)C(=O)[C@H](N(C)C)[C@H]3[C@H](O)[C@H]21. The molecule has 3 aliphatic rings. The van der Waals surface area contributed by atoms with Crippen molar-refractivity contribution in [2.24, 2.45) is 17.6 Å². The number of phenolic OH excluding ortho intramolecular Hbond substituents is 1. The maximum Gasteiger partial charge on any atom is 0.255 e. The van der Waals surface area contributed by atoms with Crippen LogP contribution in [0.5, 0.6) is 5.75 Å².